The summed E-state index contributed by atoms with van der Waals surface area (Å²) in [5, 5.41) is 0. The molecule has 0 aromatic heterocycles. The molecule has 0 heterocycles. The summed E-state index contributed by atoms with van der Waals surface area (Å²) in [6.45, 7) is 0. The number of sulfonamides is 1. The van der Waals surface area contributed by atoms with Crippen LogP contribution in [0.15, 0.2) is 63.9 Å². The van der Waals surface area contributed by atoms with Crippen molar-refractivity contribution in [1.82, 2.24) is 0 Å². The zero-order valence-corrected chi connectivity index (χ0v) is 11.2. The second kappa shape index (κ2) is 5.67. The lowest BCUT2D eigenvalue weighted by Gasteiger charge is -2.01. The van der Waals surface area contributed by atoms with E-state index in [-0.39, 0.29) is 4.90 Å². The summed E-state index contributed by atoms with van der Waals surface area (Å²) in [5.74, 6) is 0.603. The van der Waals surface area contributed by atoms with E-state index >= 15 is 0 Å². The highest BCUT2D eigenvalue weighted by atomic mass is 32.2. The average molecular weight is 275 g/mol. The molecule has 2 rings (SSSR count). The van der Waals surface area contributed by atoms with Crippen molar-refractivity contribution < 1.29 is 13.2 Å². The molecule has 0 fully saturated rings. The van der Waals surface area contributed by atoms with Crippen molar-refractivity contribution in [3.05, 3.63) is 60.2 Å². The van der Waals surface area contributed by atoms with Gasteiger partial charge in [0, 0.05) is 6.21 Å². The third kappa shape index (κ3) is 3.42. The minimum absolute atomic E-state index is 0.139. The van der Waals surface area contributed by atoms with E-state index in [0.29, 0.717) is 5.75 Å². The highest BCUT2D eigenvalue weighted by molar-refractivity contribution is 7.90. The number of benzene rings is 2. The minimum atomic E-state index is -3.67. The first-order valence-corrected chi connectivity index (χ1v) is 7.05. The summed E-state index contributed by atoms with van der Waals surface area (Å²) in [6, 6.07) is 15.2. The first kappa shape index (κ1) is 13.3. The Hall–Kier alpha value is -2.14. The van der Waals surface area contributed by atoms with Crippen LogP contribution in [-0.2, 0) is 10.0 Å². The molecule has 2 aromatic rings. The van der Waals surface area contributed by atoms with Crippen LogP contribution in [0.4, 0.5) is 0 Å². The van der Waals surface area contributed by atoms with Crippen LogP contribution in [-0.4, -0.2) is 21.7 Å². The van der Waals surface area contributed by atoms with Crippen LogP contribution in [0, 0.1) is 0 Å². The van der Waals surface area contributed by atoms with E-state index < -0.39 is 10.0 Å². The number of hydrogen-bond donors (Lipinski definition) is 0. The van der Waals surface area contributed by atoms with Gasteiger partial charge in [0.1, 0.15) is 5.75 Å². The van der Waals surface area contributed by atoms with E-state index in [1.54, 1.807) is 24.3 Å². The molecule has 0 saturated heterocycles. The third-order valence-corrected chi connectivity index (χ3v) is 3.75. The summed E-state index contributed by atoms with van der Waals surface area (Å²) in [5.41, 5.74) is 0.736. The van der Waals surface area contributed by atoms with E-state index in [0.717, 1.165) is 5.56 Å². The number of methoxy groups -OCH3 is 1. The van der Waals surface area contributed by atoms with Gasteiger partial charge in [-0.3, -0.25) is 0 Å². The Bertz CT molecular complexity index is 662. The molecule has 4 nitrogen and oxygen atoms in total. The molecule has 2 aromatic carbocycles. The summed E-state index contributed by atoms with van der Waals surface area (Å²) < 4.78 is 32.6. The Labute approximate surface area is 112 Å². The Balaban J connectivity index is 2.25. The van der Waals surface area contributed by atoms with Crippen molar-refractivity contribution in [3.63, 3.8) is 0 Å². The van der Waals surface area contributed by atoms with Gasteiger partial charge in [-0.2, -0.15) is 12.8 Å². The van der Waals surface area contributed by atoms with Crippen molar-refractivity contribution in [2.45, 2.75) is 4.90 Å². The maximum atomic E-state index is 12.0. The smallest absolute Gasteiger partial charge is 0.282 e. The van der Waals surface area contributed by atoms with Gasteiger partial charge in [-0.05, 0) is 29.8 Å². The molecule has 5 heteroatoms. The Morgan fingerprint density at radius 2 is 1.63 bits per heavy atom. The molecule has 0 aliphatic carbocycles. The lowest BCUT2D eigenvalue weighted by atomic mass is 10.2. The van der Waals surface area contributed by atoms with Gasteiger partial charge in [0.2, 0.25) is 0 Å². The van der Waals surface area contributed by atoms with Gasteiger partial charge in [0.05, 0.1) is 12.0 Å². The first-order valence-electron chi connectivity index (χ1n) is 5.61. The zero-order valence-electron chi connectivity index (χ0n) is 10.4. The van der Waals surface area contributed by atoms with Gasteiger partial charge >= 0.3 is 0 Å². The molecule has 98 valence electrons. The fraction of sp³-hybridized carbons (Fsp3) is 0.0714. The van der Waals surface area contributed by atoms with Crippen LogP contribution in [0.25, 0.3) is 0 Å². The predicted molar refractivity (Wildman–Crippen MR) is 74.2 cm³/mol. The molecule has 0 unspecified atom stereocenters. The largest absolute Gasteiger partial charge is 0.497 e. The normalized spacial score (nSPS) is 11.6. The molecular weight excluding hydrogens is 262 g/mol. The SMILES string of the molecule is COc1ccc(S(=O)(=O)N=Cc2ccccc2)cc1. The van der Waals surface area contributed by atoms with Gasteiger partial charge in [0.15, 0.2) is 0 Å². The molecule has 0 radical (unpaired) electrons. The van der Waals surface area contributed by atoms with E-state index in [1.165, 1.54) is 25.5 Å². The second-order valence-corrected chi connectivity index (χ2v) is 5.43. The number of ether oxygens (including phenoxy) is 1. The maximum Gasteiger partial charge on any atom is 0.282 e. The van der Waals surface area contributed by atoms with E-state index in [2.05, 4.69) is 4.40 Å². The minimum Gasteiger partial charge on any atom is -0.497 e. The van der Waals surface area contributed by atoms with E-state index in [9.17, 15) is 8.42 Å². The molecule has 0 N–H and O–H groups in total. The molecule has 0 bridgehead atoms. The van der Waals surface area contributed by atoms with Crippen molar-refractivity contribution >= 4 is 16.2 Å². The van der Waals surface area contributed by atoms with Crippen molar-refractivity contribution in [2.75, 3.05) is 7.11 Å². The van der Waals surface area contributed by atoms with Gasteiger partial charge in [-0.1, -0.05) is 30.3 Å². The highest BCUT2D eigenvalue weighted by Crippen LogP contribution is 2.17. The standard InChI is InChI=1S/C14H13NO3S/c1-18-13-7-9-14(10-8-13)19(16,17)15-11-12-5-3-2-4-6-12/h2-11H,1H3. The van der Waals surface area contributed by atoms with Crippen molar-refractivity contribution in [3.8, 4) is 5.75 Å². The third-order valence-electron chi connectivity index (χ3n) is 2.50. The Morgan fingerprint density at radius 1 is 1.00 bits per heavy atom. The molecule has 0 aliphatic rings. The topological polar surface area (TPSA) is 55.7 Å². The predicted octanol–water partition coefficient (Wildman–Crippen LogP) is 2.50. The Morgan fingerprint density at radius 3 is 2.21 bits per heavy atom. The molecular formula is C14H13NO3S. The van der Waals surface area contributed by atoms with Gasteiger partial charge in [-0.15, -0.1) is 0 Å². The quantitative estimate of drug-likeness (QED) is 0.806. The van der Waals surface area contributed by atoms with Crippen molar-refractivity contribution in [1.29, 1.82) is 0 Å². The lowest BCUT2D eigenvalue weighted by molar-refractivity contribution is 0.414. The van der Waals surface area contributed by atoms with Crippen LogP contribution in [0.1, 0.15) is 5.56 Å². The van der Waals surface area contributed by atoms with Crippen LogP contribution < -0.4 is 4.74 Å². The maximum absolute atomic E-state index is 12.0. The van der Waals surface area contributed by atoms with Crippen LogP contribution in [0.5, 0.6) is 5.75 Å². The first-order chi connectivity index (χ1) is 9.12. The lowest BCUT2D eigenvalue weighted by Crippen LogP contribution is -1.97. The fourth-order valence-electron chi connectivity index (χ4n) is 1.48. The molecule has 0 aliphatic heterocycles. The van der Waals surface area contributed by atoms with Crippen molar-refractivity contribution in [2.24, 2.45) is 4.40 Å². The molecule has 0 spiro atoms. The van der Waals surface area contributed by atoms with Gasteiger partial charge < -0.3 is 4.74 Å². The summed E-state index contributed by atoms with van der Waals surface area (Å²) >= 11 is 0. The molecule has 0 atom stereocenters. The zero-order chi connectivity index (χ0) is 13.7. The fourth-order valence-corrected chi connectivity index (χ4v) is 2.34. The molecule has 19 heavy (non-hydrogen) atoms. The highest BCUT2D eigenvalue weighted by Gasteiger charge is 2.11. The van der Waals surface area contributed by atoms with E-state index in [4.69, 9.17) is 4.74 Å². The summed E-state index contributed by atoms with van der Waals surface area (Å²) in [6.07, 6.45) is 1.33. The van der Waals surface area contributed by atoms with Crippen LogP contribution in [0.3, 0.4) is 0 Å². The second-order valence-electron chi connectivity index (χ2n) is 3.80. The Kier molecular flexibility index (Phi) is 3.97. The summed E-state index contributed by atoms with van der Waals surface area (Å²) in [4.78, 5) is 0.139. The number of nitrogens with zero attached hydrogens (tertiary/aromatic N) is 1. The van der Waals surface area contributed by atoms with E-state index in [1.807, 2.05) is 18.2 Å². The number of hydrogen-bond acceptors (Lipinski definition) is 3. The summed E-state index contributed by atoms with van der Waals surface area (Å²) in [7, 11) is -2.14. The van der Waals surface area contributed by atoms with Gasteiger partial charge in [0.25, 0.3) is 10.0 Å². The monoisotopic (exact) mass is 275 g/mol. The van der Waals surface area contributed by atoms with Crippen LogP contribution >= 0.6 is 0 Å². The molecule has 0 amide bonds. The van der Waals surface area contributed by atoms with Gasteiger partial charge in [-0.25, -0.2) is 0 Å². The average Bonchev–Trinajstić information content (AvgIpc) is 2.46. The molecule has 0 saturated carbocycles. The van der Waals surface area contributed by atoms with Crippen LogP contribution in [0.2, 0.25) is 0 Å². The number of rotatable bonds is 4.